The van der Waals surface area contributed by atoms with Crippen LogP contribution in [0.5, 0.6) is 5.75 Å². The van der Waals surface area contributed by atoms with Crippen LogP contribution in [0, 0.1) is 5.82 Å². The lowest BCUT2D eigenvalue weighted by atomic mass is 9.99. The van der Waals surface area contributed by atoms with Crippen LogP contribution in [-0.4, -0.2) is 15.7 Å². The Bertz CT molecular complexity index is 1210. The summed E-state index contributed by atoms with van der Waals surface area (Å²) < 4.78 is 26.8. The minimum absolute atomic E-state index is 0.169. The second kappa shape index (κ2) is 10.2. The smallest absolute Gasteiger partial charge is 0.291 e. The maximum atomic E-state index is 13.8. The number of rotatable bonds is 9. The zero-order chi connectivity index (χ0) is 23.2. The molecule has 0 aliphatic heterocycles. The number of amides is 1. The lowest BCUT2D eigenvalue weighted by Crippen LogP contribution is -2.10. The third-order valence-corrected chi connectivity index (χ3v) is 5.51. The fraction of sp³-hybridized carbons (Fsp3) is 0.231. The van der Waals surface area contributed by atoms with Gasteiger partial charge in [0.05, 0.1) is 18.4 Å². The number of carbonyl (C=O) groups excluding carboxylic acids is 1. The van der Waals surface area contributed by atoms with Crippen LogP contribution >= 0.6 is 0 Å². The highest BCUT2D eigenvalue weighted by Gasteiger charge is 2.13. The summed E-state index contributed by atoms with van der Waals surface area (Å²) in [5.41, 5.74) is 2.29. The molecule has 1 N–H and O–H groups in total. The normalized spacial score (nSPS) is 11.8. The van der Waals surface area contributed by atoms with Gasteiger partial charge in [0, 0.05) is 11.8 Å². The second-order valence-electron chi connectivity index (χ2n) is 7.91. The number of furan rings is 1. The van der Waals surface area contributed by atoms with Gasteiger partial charge >= 0.3 is 0 Å². The Morgan fingerprint density at radius 3 is 2.70 bits per heavy atom. The third-order valence-electron chi connectivity index (χ3n) is 5.51. The first-order valence-electron chi connectivity index (χ1n) is 10.9. The van der Waals surface area contributed by atoms with E-state index in [4.69, 9.17) is 9.15 Å². The van der Waals surface area contributed by atoms with Crippen molar-refractivity contribution in [3.8, 4) is 5.75 Å². The quantitative estimate of drug-likeness (QED) is 0.341. The molecule has 2 aromatic carbocycles. The van der Waals surface area contributed by atoms with Crippen LogP contribution in [0.3, 0.4) is 0 Å². The number of carbonyl (C=O) groups is 1. The number of hydrogen-bond acceptors (Lipinski definition) is 4. The molecule has 0 saturated carbocycles. The fourth-order valence-corrected chi connectivity index (χ4v) is 3.37. The van der Waals surface area contributed by atoms with E-state index in [1.165, 1.54) is 17.8 Å². The molecular formula is C26H26FN3O3. The zero-order valence-electron chi connectivity index (χ0n) is 18.6. The number of nitrogens with zero attached hydrogens (tertiary/aromatic N) is 2. The van der Waals surface area contributed by atoms with Crippen LogP contribution in [0.2, 0.25) is 0 Å². The van der Waals surface area contributed by atoms with Crippen molar-refractivity contribution < 1.29 is 18.3 Å². The van der Waals surface area contributed by atoms with E-state index >= 15 is 0 Å². The first-order valence-corrected chi connectivity index (χ1v) is 10.9. The van der Waals surface area contributed by atoms with Crippen LogP contribution in [0.25, 0.3) is 0 Å². The van der Waals surface area contributed by atoms with Crippen LogP contribution < -0.4 is 10.1 Å². The van der Waals surface area contributed by atoms with Gasteiger partial charge in [0.1, 0.15) is 23.9 Å². The van der Waals surface area contributed by atoms with Crippen LogP contribution in [0.15, 0.2) is 77.5 Å². The van der Waals surface area contributed by atoms with E-state index < -0.39 is 5.91 Å². The zero-order valence-corrected chi connectivity index (χ0v) is 18.6. The van der Waals surface area contributed by atoms with E-state index in [-0.39, 0.29) is 24.7 Å². The molecule has 6 nitrogen and oxygen atoms in total. The molecule has 0 saturated heterocycles. The highest BCUT2D eigenvalue weighted by Crippen LogP contribution is 2.22. The maximum Gasteiger partial charge on any atom is 0.291 e. The van der Waals surface area contributed by atoms with E-state index in [0.29, 0.717) is 22.9 Å². The van der Waals surface area contributed by atoms with Gasteiger partial charge in [-0.3, -0.25) is 9.48 Å². The van der Waals surface area contributed by atoms with Gasteiger partial charge in [0.25, 0.3) is 5.91 Å². The molecular weight excluding hydrogens is 421 g/mol. The van der Waals surface area contributed by atoms with E-state index in [2.05, 4.69) is 36.4 Å². The Morgan fingerprint density at radius 1 is 1.15 bits per heavy atom. The topological polar surface area (TPSA) is 69.3 Å². The predicted molar refractivity (Wildman–Crippen MR) is 124 cm³/mol. The van der Waals surface area contributed by atoms with Crippen LogP contribution in [0.1, 0.15) is 53.6 Å². The summed E-state index contributed by atoms with van der Waals surface area (Å²) in [6.45, 7) is 4.84. The summed E-state index contributed by atoms with van der Waals surface area (Å²) in [6, 6.07) is 17.8. The summed E-state index contributed by atoms with van der Waals surface area (Å²) in [5.74, 6) is 1.27. The Morgan fingerprint density at radius 2 is 1.94 bits per heavy atom. The van der Waals surface area contributed by atoms with Gasteiger partial charge in [-0.2, -0.15) is 5.10 Å². The Balaban J connectivity index is 1.31. The summed E-state index contributed by atoms with van der Waals surface area (Å²) in [6.07, 6.45) is 4.24. The minimum atomic E-state index is -0.399. The number of aromatic nitrogens is 2. The average Bonchev–Trinajstić information content (AvgIpc) is 3.49. The number of halogens is 1. The molecule has 0 aliphatic carbocycles. The van der Waals surface area contributed by atoms with Crippen molar-refractivity contribution in [3.63, 3.8) is 0 Å². The molecule has 4 rings (SSSR count). The van der Waals surface area contributed by atoms with Gasteiger partial charge in [-0.15, -0.1) is 0 Å². The van der Waals surface area contributed by atoms with Crippen molar-refractivity contribution >= 4 is 11.6 Å². The lowest BCUT2D eigenvalue weighted by molar-refractivity contribution is 0.0992. The van der Waals surface area contributed by atoms with Crippen molar-refractivity contribution in [2.24, 2.45) is 0 Å². The van der Waals surface area contributed by atoms with E-state index in [1.54, 1.807) is 41.2 Å². The predicted octanol–water partition coefficient (Wildman–Crippen LogP) is 6.01. The third kappa shape index (κ3) is 5.68. The lowest BCUT2D eigenvalue weighted by Gasteiger charge is -2.10. The summed E-state index contributed by atoms with van der Waals surface area (Å²) >= 11 is 0. The van der Waals surface area contributed by atoms with E-state index in [1.807, 2.05) is 12.1 Å². The molecule has 0 spiro atoms. The van der Waals surface area contributed by atoms with Crippen molar-refractivity contribution in [3.05, 3.63) is 102 Å². The van der Waals surface area contributed by atoms with Gasteiger partial charge in [-0.1, -0.05) is 44.2 Å². The second-order valence-corrected chi connectivity index (χ2v) is 7.91. The standard InChI is InChI=1S/C26H26FN3O3/c1-3-18(2)19-8-10-22(11-9-19)32-17-23-12-13-25(33-23)26(31)29-21-14-28-30(16-21)15-20-6-4-5-7-24(20)27/h4-14,16,18H,3,15,17H2,1-2H3,(H,29,31). The molecule has 1 amide bonds. The van der Waals surface area contributed by atoms with Gasteiger partial charge in [-0.05, 0) is 48.2 Å². The first-order chi connectivity index (χ1) is 16.0. The monoisotopic (exact) mass is 447 g/mol. The molecule has 0 radical (unpaired) electrons. The molecule has 0 fully saturated rings. The largest absolute Gasteiger partial charge is 0.486 e. The number of benzene rings is 2. The van der Waals surface area contributed by atoms with Gasteiger partial charge in [0.15, 0.2) is 5.76 Å². The Labute approximate surface area is 192 Å². The minimum Gasteiger partial charge on any atom is -0.486 e. The summed E-state index contributed by atoms with van der Waals surface area (Å²) in [7, 11) is 0. The highest BCUT2D eigenvalue weighted by molar-refractivity contribution is 6.02. The first kappa shape index (κ1) is 22.3. The van der Waals surface area contributed by atoms with Crippen LogP contribution in [0.4, 0.5) is 10.1 Å². The van der Waals surface area contributed by atoms with Gasteiger partial charge < -0.3 is 14.5 Å². The summed E-state index contributed by atoms with van der Waals surface area (Å²) in [4.78, 5) is 12.5. The molecule has 2 heterocycles. The van der Waals surface area contributed by atoms with Crippen molar-refractivity contribution in [2.75, 3.05) is 5.32 Å². The molecule has 1 unspecified atom stereocenters. The molecule has 7 heteroatoms. The van der Waals surface area contributed by atoms with Crippen molar-refractivity contribution in [2.45, 2.75) is 39.3 Å². The molecule has 0 bridgehead atoms. The van der Waals surface area contributed by atoms with E-state index in [0.717, 1.165) is 12.2 Å². The Hall–Kier alpha value is -3.87. The Kier molecular flexibility index (Phi) is 6.88. The maximum absolute atomic E-state index is 13.8. The molecule has 4 aromatic rings. The molecule has 1 atom stereocenters. The number of ether oxygens (including phenoxy) is 1. The number of anilines is 1. The molecule has 170 valence electrons. The van der Waals surface area contributed by atoms with Crippen LogP contribution in [-0.2, 0) is 13.2 Å². The fourth-order valence-electron chi connectivity index (χ4n) is 3.37. The molecule has 2 aromatic heterocycles. The summed E-state index contributed by atoms with van der Waals surface area (Å²) in [5, 5.41) is 6.91. The molecule has 33 heavy (non-hydrogen) atoms. The van der Waals surface area contributed by atoms with Crippen molar-refractivity contribution in [1.29, 1.82) is 0 Å². The average molecular weight is 448 g/mol. The van der Waals surface area contributed by atoms with Crippen molar-refractivity contribution in [1.82, 2.24) is 9.78 Å². The van der Waals surface area contributed by atoms with Gasteiger partial charge in [0.2, 0.25) is 0 Å². The number of nitrogens with one attached hydrogen (secondary N) is 1. The van der Waals surface area contributed by atoms with Gasteiger partial charge in [-0.25, -0.2) is 4.39 Å². The highest BCUT2D eigenvalue weighted by atomic mass is 19.1. The van der Waals surface area contributed by atoms with E-state index in [9.17, 15) is 9.18 Å². The SMILES string of the molecule is CCC(C)c1ccc(OCc2ccc(C(=O)Nc3cnn(Cc4ccccc4F)c3)o2)cc1. The molecule has 0 aliphatic rings. The number of hydrogen-bond donors (Lipinski definition) is 1.